The summed E-state index contributed by atoms with van der Waals surface area (Å²) < 4.78 is 0. The number of hydrogen-bond donors (Lipinski definition) is 0. The lowest BCUT2D eigenvalue weighted by molar-refractivity contribution is -0.118. The zero-order valence-corrected chi connectivity index (χ0v) is 13.4. The van der Waals surface area contributed by atoms with Gasteiger partial charge in [-0.15, -0.1) is 0 Å². The van der Waals surface area contributed by atoms with Crippen molar-refractivity contribution >= 4 is 17.5 Å². The van der Waals surface area contributed by atoms with Gasteiger partial charge in [0.25, 0.3) is 0 Å². The number of para-hydroxylation sites is 1. The van der Waals surface area contributed by atoms with E-state index >= 15 is 0 Å². The average molecular weight is 310 g/mol. The minimum absolute atomic E-state index is 0.186. The maximum Gasteiger partial charge on any atom is 0.226 e. The summed E-state index contributed by atoms with van der Waals surface area (Å²) in [6, 6.07) is 12.0. The van der Waals surface area contributed by atoms with E-state index in [-0.39, 0.29) is 11.9 Å². The third-order valence-corrected chi connectivity index (χ3v) is 4.27. The fraction of sp³-hybridized carbons (Fsp3) is 0.389. The van der Waals surface area contributed by atoms with Crippen molar-refractivity contribution in [3.05, 3.63) is 48.8 Å². The van der Waals surface area contributed by atoms with Crippen LogP contribution in [0.4, 0.5) is 11.6 Å². The molecule has 0 N–H and O–H groups in total. The van der Waals surface area contributed by atoms with Crippen LogP contribution in [-0.4, -0.2) is 35.0 Å². The molecule has 0 radical (unpaired) electrons. The topological polar surface area (TPSA) is 49.3 Å². The van der Waals surface area contributed by atoms with Crippen molar-refractivity contribution < 1.29 is 4.79 Å². The molecule has 1 aromatic heterocycles. The number of aromatic nitrogens is 2. The normalized spacial score (nSPS) is 15.4. The molecule has 0 spiro atoms. The number of benzene rings is 1. The van der Waals surface area contributed by atoms with Gasteiger partial charge in [-0.25, -0.2) is 9.97 Å². The Morgan fingerprint density at radius 3 is 2.39 bits per heavy atom. The SMILES string of the molecule is CCC(=O)N(c1ccccc1)C1CCN(c2ncccn2)CC1. The Balaban J connectivity index is 1.72. The van der Waals surface area contributed by atoms with Crippen LogP contribution in [0.15, 0.2) is 48.8 Å². The summed E-state index contributed by atoms with van der Waals surface area (Å²) >= 11 is 0. The summed E-state index contributed by atoms with van der Waals surface area (Å²) in [5, 5.41) is 0. The molecule has 23 heavy (non-hydrogen) atoms. The van der Waals surface area contributed by atoms with Gasteiger partial charge in [0, 0.05) is 43.6 Å². The highest BCUT2D eigenvalue weighted by Crippen LogP contribution is 2.25. The first-order chi connectivity index (χ1) is 11.3. The second-order valence-electron chi connectivity index (χ2n) is 5.72. The number of nitrogens with zero attached hydrogens (tertiary/aromatic N) is 4. The van der Waals surface area contributed by atoms with E-state index < -0.39 is 0 Å². The van der Waals surface area contributed by atoms with E-state index in [2.05, 4.69) is 14.9 Å². The first-order valence-corrected chi connectivity index (χ1v) is 8.18. The number of carbonyl (C=O) groups excluding carboxylic acids is 1. The molecule has 0 saturated carbocycles. The van der Waals surface area contributed by atoms with E-state index in [1.54, 1.807) is 12.4 Å². The van der Waals surface area contributed by atoms with Gasteiger partial charge in [0.2, 0.25) is 11.9 Å². The third kappa shape index (κ3) is 3.50. The third-order valence-electron chi connectivity index (χ3n) is 4.27. The highest BCUT2D eigenvalue weighted by molar-refractivity contribution is 5.93. The second kappa shape index (κ2) is 7.22. The Kier molecular flexibility index (Phi) is 4.86. The Morgan fingerprint density at radius 2 is 1.78 bits per heavy atom. The molecule has 1 aliphatic rings. The van der Waals surface area contributed by atoms with Crippen LogP contribution >= 0.6 is 0 Å². The largest absolute Gasteiger partial charge is 0.341 e. The van der Waals surface area contributed by atoms with Crippen molar-refractivity contribution in [2.75, 3.05) is 22.9 Å². The average Bonchev–Trinajstić information content (AvgIpc) is 2.64. The molecule has 0 unspecified atom stereocenters. The van der Waals surface area contributed by atoms with Gasteiger partial charge >= 0.3 is 0 Å². The molecule has 3 rings (SSSR count). The lowest BCUT2D eigenvalue weighted by Gasteiger charge is -2.38. The molecule has 0 atom stereocenters. The second-order valence-corrected chi connectivity index (χ2v) is 5.72. The van der Waals surface area contributed by atoms with Crippen LogP contribution in [0, 0.1) is 0 Å². The summed E-state index contributed by atoms with van der Waals surface area (Å²) in [5.74, 6) is 0.963. The Hall–Kier alpha value is -2.43. The van der Waals surface area contributed by atoms with E-state index in [0.717, 1.165) is 37.6 Å². The van der Waals surface area contributed by atoms with Crippen LogP contribution in [-0.2, 0) is 4.79 Å². The van der Waals surface area contributed by atoms with Gasteiger partial charge in [-0.1, -0.05) is 25.1 Å². The van der Waals surface area contributed by atoms with Crippen LogP contribution in [0.3, 0.4) is 0 Å². The van der Waals surface area contributed by atoms with Crippen LogP contribution < -0.4 is 9.80 Å². The number of anilines is 2. The summed E-state index contributed by atoms with van der Waals surface area (Å²) in [7, 11) is 0. The van der Waals surface area contributed by atoms with Crippen LogP contribution in [0.1, 0.15) is 26.2 Å². The molecule has 1 saturated heterocycles. The van der Waals surface area contributed by atoms with Gasteiger partial charge in [-0.05, 0) is 31.0 Å². The molecule has 0 bridgehead atoms. The molecule has 2 aromatic rings. The van der Waals surface area contributed by atoms with E-state index in [4.69, 9.17) is 0 Å². The predicted molar refractivity (Wildman–Crippen MR) is 91.5 cm³/mol. The van der Waals surface area contributed by atoms with Crippen molar-refractivity contribution in [1.29, 1.82) is 0 Å². The van der Waals surface area contributed by atoms with Crippen LogP contribution in [0.5, 0.6) is 0 Å². The van der Waals surface area contributed by atoms with E-state index in [0.29, 0.717) is 6.42 Å². The lowest BCUT2D eigenvalue weighted by atomic mass is 10.0. The Morgan fingerprint density at radius 1 is 1.13 bits per heavy atom. The van der Waals surface area contributed by atoms with Crippen molar-refractivity contribution in [3.8, 4) is 0 Å². The smallest absolute Gasteiger partial charge is 0.226 e. The minimum atomic E-state index is 0.186. The molecular formula is C18H22N4O. The number of piperidine rings is 1. The van der Waals surface area contributed by atoms with Gasteiger partial charge in [0.1, 0.15) is 0 Å². The Labute approximate surface area is 137 Å². The molecule has 1 aliphatic heterocycles. The lowest BCUT2D eigenvalue weighted by Crippen LogP contribution is -2.48. The molecular weight excluding hydrogens is 288 g/mol. The van der Waals surface area contributed by atoms with Crippen LogP contribution in [0.2, 0.25) is 0 Å². The first-order valence-electron chi connectivity index (χ1n) is 8.18. The molecule has 2 heterocycles. The van der Waals surface area contributed by atoms with Crippen molar-refractivity contribution in [2.24, 2.45) is 0 Å². The molecule has 120 valence electrons. The quantitative estimate of drug-likeness (QED) is 0.871. The van der Waals surface area contributed by atoms with E-state index in [1.807, 2.05) is 48.2 Å². The summed E-state index contributed by atoms with van der Waals surface area (Å²) in [6.45, 7) is 3.66. The van der Waals surface area contributed by atoms with Gasteiger partial charge in [-0.2, -0.15) is 0 Å². The first kappa shape index (κ1) is 15.5. The number of carbonyl (C=O) groups is 1. The number of hydrogen-bond acceptors (Lipinski definition) is 4. The minimum Gasteiger partial charge on any atom is -0.341 e. The van der Waals surface area contributed by atoms with E-state index in [1.165, 1.54) is 0 Å². The van der Waals surface area contributed by atoms with Crippen LogP contribution in [0.25, 0.3) is 0 Å². The summed E-state index contributed by atoms with van der Waals surface area (Å²) in [6.07, 6.45) is 5.92. The van der Waals surface area contributed by atoms with Crippen molar-refractivity contribution in [1.82, 2.24) is 9.97 Å². The standard InChI is InChI=1S/C18H22N4O/c1-2-17(23)22(15-7-4-3-5-8-15)16-9-13-21(14-10-16)18-19-11-6-12-20-18/h3-8,11-12,16H,2,9-10,13-14H2,1H3. The van der Waals surface area contributed by atoms with Gasteiger partial charge < -0.3 is 9.80 Å². The summed E-state index contributed by atoms with van der Waals surface area (Å²) in [5.41, 5.74) is 0.994. The van der Waals surface area contributed by atoms with Gasteiger partial charge in [0.15, 0.2) is 0 Å². The molecule has 0 aliphatic carbocycles. The molecule has 5 nitrogen and oxygen atoms in total. The molecule has 1 aromatic carbocycles. The van der Waals surface area contributed by atoms with Gasteiger partial charge in [0.05, 0.1) is 0 Å². The number of amides is 1. The monoisotopic (exact) mass is 310 g/mol. The zero-order valence-electron chi connectivity index (χ0n) is 13.4. The van der Waals surface area contributed by atoms with Crippen molar-refractivity contribution in [3.63, 3.8) is 0 Å². The molecule has 1 fully saturated rings. The fourth-order valence-electron chi connectivity index (χ4n) is 3.10. The molecule has 5 heteroatoms. The summed E-state index contributed by atoms with van der Waals surface area (Å²) in [4.78, 5) is 25.2. The molecule has 1 amide bonds. The fourth-order valence-corrected chi connectivity index (χ4v) is 3.10. The van der Waals surface area contributed by atoms with Crippen molar-refractivity contribution in [2.45, 2.75) is 32.2 Å². The maximum absolute atomic E-state index is 12.5. The highest BCUT2D eigenvalue weighted by atomic mass is 16.2. The maximum atomic E-state index is 12.5. The Bertz CT molecular complexity index is 624. The number of rotatable bonds is 4. The van der Waals surface area contributed by atoms with E-state index in [9.17, 15) is 4.79 Å². The predicted octanol–water partition coefficient (Wildman–Crippen LogP) is 2.89. The zero-order chi connectivity index (χ0) is 16.1. The highest BCUT2D eigenvalue weighted by Gasteiger charge is 2.28. The van der Waals surface area contributed by atoms with Gasteiger partial charge in [-0.3, -0.25) is 4.79 Å².